The Labute approximate surface area is 171 Å². The fraction of sp³-hybridized carbons (Fsp3) is 0.300. The second kappa shape index (κ2) is 9.22. The van der Waals surface area contributed by atoms with Crippen LogP contribution in [0.3, 0.4) is 0 Å². The summed E-state index contributed by atoms with van der Waals surface area (Å²) in [5, 5.41) is 12.7. The van der Waals surface area contributed by atoms with Gasteiger partial charge in [-0.2, -0.15) is 0 Å². The van der Waals surface area contributed by atoms with Gasteiger partial charge in [0, 0.05) is 27.6 Å². The molecule has 2 aromatic rings. The van der Waals surface area contributed by atoms with Crippen LogP contribution in [0, 0.1) is 5.92 Å². The van der Waals surface area contributed by atoms with E-state index in [4.69, 9.17) is 0 Å². The van der Waals surface area contributed by atoms with Crippen molar-refractivity contribution in [2.24, 2.45) is 5.92 Å². The van der Waals surface area contributed by atoms with Gasteiger partial charge in [0.25, 0.3) is 0 Å². The van der Waals surface area contributed by atoms with E-state index in [9.17, 15) is 5.11 Å². The summed E-state index contributed by atoms with van der Waals surface area (Å²) in [6, 6.07) is 12.6. The first-order chi connectivity index (χ1) is 10.0. The van der Waals surface area contributed by atoms with E-state index in [-0.39, 0.29) is 46.5 Å². The summed E-state index contributed by atoms with van der Waals surface area (Å²) < 4.78 is 0. The molecule has 0 radical (unpaired) electrons. The summed E-state index contributed by atoms with van der Waals surface area (Å²) in [4.78, 5) is 0. The number of fused-ring (bicyclic) bond motifs is 1. The van der Waals surface area contributed by atoms with E-state index >= 15 is 0 Å². The second-order valence-corrected chi connectivity index (χ2v) is 6.10. The smallest absolute Gasteiger partial charge is 0.0773 e. The van der Waals surface area contributed by atoms with Crippen molar-refractivity contribution in [3.8, 4) is 0 Å². The van der Waals surface area contributed by atoms with Gasteiger partial charge in [-0.15, -0.1) is 24.8 Å². The van der Waals surface area contributed by atoms with E-state index in [0.29, 0.717) is 5.92 Å². The molecule has 128 valence electrons. The van der Waals surface area contributed by atoms with Crippen molar-refractivity contribution in [1.29, 1.82) is 0 Å². The Morgan fingerprint density at radius 1 is 1.00 bits per heavy atom. The largest absolute Gasteiger partial charge is 0.389 e. The Morgan fingerprint density at radius 3 is 2.17 bits per heavy atom. The molecule has 24 heavy (non-hydrogen) atoms. The first kappa shape index (κ1) is 23.4. The van der Waals surface area contributed by atoms with Crippen molar-refractivity contribution >= 4 is 41.2 Å². The molecule has 1 aliphatic carbocycles. The Morgan fingerprint density at radius 2 is 1.62 bits per heavy atom. The zero-order valence-electron chi connectivity index (χ0n) is 14.5. The van der Waals surface area contributed by atoms with Crippen molar-refractivity contribution in [3.05, 3.63) is 64.7 Å². The third-order valence-electron chi connectivity index (χ3n) is 4.63. The van der Waals surface area contributed by atoms with Gasteiger partial charge < -0.3 is 5.11 Å². The number of rotatable bonds is 2. The van der Waals surface area contributed by atoms with Crippen LogP contribution >= 0.6 is 24.8 Å². The minimum atomic E-state index is -0.473. The number of aliphatic hydroxyl groups excluding tert-OH is 1. The maximum absolute atomic E-state index is 10.4. The van der Waals surface area contributed by atoms with Gasteiger partial charge in [-0.05, 0) is 53.8 Å². The minimum absolute atomic E-state index is 0. The van der Waals surface area contributed by atoms with E-state index < -0.39 is 6.10 Å². The maximum Gasteiger partial charge on any atom is 0.0773 e. The van der Waals surface area contributed by atoms with Crippen molar-refractivity contribution in [2.45, 2.75) is 33.8 Å². The van der Waals surface area contributed by atoms with Crippen LogP contribution in [0.5, 0.6) is 0 Å². The van der Waals surface area contributed by atoms with Gasteiger partial charge in [0.2, 0.25) is 0 Å². The van der Waals surface area contributed by atoms with Crippen LogP contribution in [0.2, 0.25) is 0 Å². The van der Waals surface area contributed by atoms with Crippen LogP contribution in [0.15, 0.2) is 53.6 Å². The van der Waals surface area contributed by atoms with Crippen molar-refractivity contribution in [3.63, 3.8) is 0 Å². The molecule has 0 fully saturated rings. The topological polar surface area (TPSA) is 20.2 Å². The van der Waals surface area contributed by atoms with E-state index in [1.54, 1.807) is 0 Å². The monoisotopic (exact) mass is 398 g/mol. The van der Waals surface area contributed by atoms with Gasteiger partial charge in [-0.1, -0.05) is 55.0 Å². The number of allylic oxidation sites excluding steroid dienone is 4. The molecule has 2 atom stereocenters. The Balaban J connectivity index is 0.00000176. The fourth-order valence-corrected chi connectivity index (χ4v) is 3.57. The Kier molecular flexibility index (Phi) is 9.00. The van der Waals surface area contributed by atoms with Crippen LogP contribution in [0.1, 0.15) is 44.9 Å². The molecule has 0 heterocycles. The zero-order chi connectivity index (χ0) is 15.1. The van der Waals surface area contributed by atoms with Crippen molar-refractivity contribution in [1.82, 2.24) is 0 Å². The summed E-state index contributed by atoms with van der Waals surface area (Å²) in [6.07, 6.45) is 1.84. The third kappa shape index (κ3) is 3.98. The number of benzene rings is 2. The number of halogens is 2. The van der Waals surface area contributed by atoms with Crippen LogP contribution in [0.25, 0.3) is 16.3 Å². The number of aliphatic hydroxyl groups is 1. The summed E-state index contributed by atoms with van der Waals surface area (Å²) >= 11 is 0. The first-order valence-electron chi connectivity index (χ1n) is 7.60. The quantitative estimate of drug-likeness (QED) is 0.605. The zero-order valence-corrected chi connectivity index (χ0v) is 17.7. The van der Waals surface area contributed by atoms with Crippen LogP contribution in [-0.2, 0) is 21.7 Å². The molecule has 0 spiro atoms. The maximum atomic E-state index is 10.4. The number of hydrogen-bond donors (Lipinski definition) is 1. The van der Waals surface area contributed by atoms with E-state index in [0.717, 1.165) is 10.9 Å². The minimum Gasteiger partial charge on any atom is -0.389 e. The molecular formula is C20H24Cl2OTi. The molecule has 2 unspecified atom stereocenters. The summed E-state index contributed by atoms with van der Waals surface area (Å²) in [7, 11) is 0. The Hall–Kier alpha value is -0.566. The molecule has 3 rings (SSSR count). The average molecular weight is 399 g/mol. The molecule has 4 heteroatoms. The molecule has 0 saturated carbocycles. The molecule has 1 aliphatic rings. The van der Waals surface area contributed by atoms with Crippen LogP contribution < -0.4 is 0 Å². The SMILES string of the molecule is CC1=CC(C)C(c2ccc3ccccc3c2C(C)O)=C1C.Cl.Cl.[Ti]. The van der Waals surface area contributed by atoms with Gasteiger partial charge in [-0.25, -0.2) is 0 Å². The van der Waals surface area contributed by atoms with Gasteiger partial charge in [0.15, 0.2) is 0 Å². The molecule has 0 aliphatic heterocycles. The van der Waals surface area contributed by atoms with Crippen molar-refractivity contribution in [2.75, 3.05) is 0 Å². The number of hydrogen-bond acceptors (Lipinski definition) is 1. The summed E-state index contributed by atoms with van der Waals surface area (Å²) in [5.74, 6) is 0.406. The molecule has 1 nitrogen and oxygen atoms in total. The summed E-state index contributed by atoms with van der Waals surface area (Å²) in [5.41, 5.74) is 6.30. The van der Waals surface area contributed by atoms with E-state index in [1.807, 2.05) is 19.1 Å². The van der Waals surface area contributed by atoms with Gasteiger partial charge >= 0.3 is 0 Å². The molecule has 0 amide bonds. The Bertz CT molecular complexity index is 778. The normalized spacial score (nSPS) is 17.5. The van der Waals surface area contributed by atoms with Crippen LogP contribution in [0.4, 0.5) is 0 Å². The van der Waals surface area contributed by atoms with Gasteiger partial charge in [-0.3, -0.25) is 0 Å². The molecule has 0 bridgehead atoms. The van der Waals surface area contributed by atoms with Gasteiger partial charge in [0.05, 0.1) is 6.10 Å². The van der Waals surface area contributed by atoms with Gasteiger partial charge in [0.1, 0.15) is 0 Å². The third-order valence-corrected chi connectivity index (χ3v) is 4.63. The van der Waals surface area contributed by atoms with E-state index in [2.05, 4.69) is 51.1 Å². The first-order valence-corrected chi connectivity index (χ1v) is 7.60. The molecule has 1 N–H and O–H groups in total. The average Bonchev–Trinajstić information content (AvgIpc) is 2.70. The summed E-state index contributed by atoms with van der Waals surface area (Å²) in [6.45, 7) is 8.45. The molecule has 0 aromatic heterocycles. The predicted octanol–water partition coefficient (Wildman–Crippen LogP) is 6.10. The molecular weight excluding hydrogens is 375 g/mol. The molecule has 2 aromatic carbocycles. The van der Waals surface area contributed by atoms with Crippen molar-refractivity contribution < 1.29 is 26.8 Å². The standard InChI is InChI=1S/C20H22O.2ClH.Ti/c1-12-11-13(2)19(14(12)3)18-10-9-16-7-5-6-8-17(16)20(18)15(4)21;;;/h5-11,13,15,21H,1-4H3;2*1H;. The molecule has 0 saturated heterocycles. The van der Waals surface area contributed by atoms with Crippen LogP contribution in [-0.4, -0.2) is 5.11 Å². The van der Waals surface area contributed by atoms with E-state index in [1.165, 1.54) is 27.7 Å². The fourth-order valence-electron chi connectivity index (χ4n) is 3.57. The second-order valence-electron chi connectivity index (χ2n) is 6.10. The predicted molar refractivity (Wildman–Crippen MR) is 105 cm³/mol.